The van der Waals surface area contributed by atoms with E-state index in [4.69, 9.17) is 4.74 Å². The van der Waals surface area contributed by atoms with Crippen LogP contribution in [-0.4, -0.2) is 29.0 Å². The fourth-order valence-corrected chi connectivity index (χ4v) is 3.72. The Bertz CT molecular complexity index is 699. The highest BCUT2D eigenvalue weighted by Crippen LogP contribution is 2.23. The molecule has 0 fully saturated rings. The van der Waals surface area contributed by atoms with Gasteiger partial charge < -0.3 is 10.1 Å². The third-order valence-corrected chi connectivity index (χ3v) is 5.25. The van der Waals surface area contributed by atoms with Crippen LogP contribution < -0.4 is 10.1 Å². The highest BCUT2D eigenvalue weighted by molar-refractivity contribution is 8.00. The summed E-state index contributed by atoms with van der Waals surface area (Å²) >= 11 is 1.51. The van der Waals surface area contributed by atoms with Crippen LogP contribution in [0.4, 0.5) is 0 Å². The highest BCUT2D eigenvalue weighted by atomic mass is 32.2. The number of hydrogen-bond acceptors (Lipinski definition) is 4. The zero-order chi connectivity index (χ0) is 16.8. The minimum atomic E-state index is 0.0215. The molecule has 1 aliphatic rings. The topological polar surface area (TPSA) is 67.0 Å². The largest absolute Gasteiger partial charge is 0.497 e. The molecule has 0 atom stereocenters. The van der Waals surface area contributed by atoms with Gasteiger partial charge in [0.1, 0.15) is 5.75 Å². The van der Waals surface area contributed by atoms with Gasteiger partial charge in [-0.2, -0.15) is 5.10 Å². The first-order valence-electron chi connectivity index (χ1n) is 8.35. The lowest BCUT2D eigenvalue weighted by Crippen LogP contribution is -2.25. The van der Waals surface area contributed by atoms with Gasteiger partial charge in [0.05, 0.1) is 25.1 Å². The molecule has 0 saturated carbocycles. The Labute approximate surface area is 146 Å². The van der Waals surface area contributed by atoms with Crippen molar-refractivity contribution in [3.63, 3.8) is 0 Å². The number of aromatic amines is 1. The summed E-state index contributed by atoms with van der Waals surface area (Å²) in [6, 6.07) is 7.74. The summed E-state index contributed by atoms with van der Waals surface area (Å²) in [5.74, 6) is 1.22. The minimum Gasteiger partial charge on any atom is -0.497 e. The minimum absolute atomic E-state index is 0.0215. The predicted octanol–water partition coefficient (Wildman–Crippen LogP) is 3.10. The molecular formula is C18H23N3O2S. The molecule has 1 heterocycles. The Balaban J connectivity index is 1.50. The van der Waals surface area contributed by atoms with Crippen LogP contribution in [0.25, 0.3) is 0 Å². The molecule has 0 radical (unpaired) electrons. The van der Waals surface area contributed by atoms with Crippen LogP contribution in [0.1, 0.15) is 36.2 Å². The highest BCUT2D eigenvalue weighted by Gasteiger charge is 2.16. The van der Waals surface area contributed by atoms with Gasteiger partial charge in [-0.1, -0.05) is 12.5 Å². The molecule has 5 nitrogen and oxygen atoms in total. The van der Waals surface area contributed by atoms with Crippen molar-refractivity contribution in [1.82, 2.24) is 15.5 Å². The smallest absolute Gasteiger partial charge is 0.230 e. The van der Waals surface area contributed by atoms with Crippen molar-refractivity contribution in [3.05, 3.63) is 41.2 Å². The Morgan fingerprint density at radius 2 is 2.21 bits per heavy atom. The van der Waals surface area contributed by atoms with Crippen LogP contribution in [0.3, 0.4) is 0 Å². The number of hydrogen-bond donors (Lipinski definition) is 2. The van der Waals surface area contributed by atoms with Crippen molar-refractivity contribution < 1.29 is 9.53 Å². The summed E-state index contributed by atoms with van der Waals surface area (Å²) in [5.41, 5.74) is 3.56. The summed E-state index contributed by atoms with van der Waals surface area (Å²) in [7, 11) is 1.64. The van der Waals surface area contributed by atoms with Crippen molar-refractivity contribution in [1.29, 1.82) is 0 Å². The Morgan fingerprint density at radius 1 is 1.33 bits per heavy atom. The van der Waals surface area contributed by atoms with Gasteiger partial charge >= 0.3 is 0 Å². The van der Waals surface area contributed by atoms with E-state index in [1.54, 1.807) is 7.11 Å². The van der Waals surface area contributed by atoms with Crippen molar-refractivity contribution in [2.24, 2.45) is 0 Å². The number of amides is 1. The van der Waals surface area contributed by atoms with E-state index < -0.39 is 0 Å². The summed E-state index contributed by atoms with van der Waals surface area (Å²) in [6.45, 7) is 0.503. The number of carbonyl (C=O) groups is 1. The summed E-state index contributed by atoms with van der Waals surface area (Å²) in [4.78, 5) is 13.1. The average Bonchev–Trinajstić information content (AvgIpc) is 2.84. The second-order valence-electron chi connectivity index (χ2n) is 5.93. The molecule has 2 N–H and O–H groups in total. The monoisotopic (exact) mass is 345 g/mol. The number of rotatable bonds is 6. The first-order valence-corrected chi connectivity index (χ1v) is 9.33. The van der Waals surface area contributed by atoms with Crippen LogP contribution in [0, 0.1) is 0 Å². The molecule has 0 aliphatic heterocycles. The number of carbonyl (C=O) groups excluding carboxylic acids is 1. The van der Waals surface area contributed by atoms with Crippen LogP contribution >= 0.6 is 11.8 Å². The average molecular weight is 345 g/mol. The second-order valence-corrected chi connectivity index (χ2v) is 6.98. The maximum atomic E-state index is 12.1. The number of thioether (sulfide) groups is 1. The van der Waals surface area contributed by atoms with E-state index in [0.29, 0.717) is 12.3 Å². The predicted molar refractivity (Wildman–Crippen MR) is 95.4 cm³/mol. The molecular weight excluding hydrogens is 322 g/mol. The number of benzene rings is 1. The molecule has 0 spiro atoms. The summed E-state index contributed by atoms with van der Waals surface area (Å²) < 4.78 is 5.20. The number of fused-ring (bicyclic) bond motifs is 1. The number of aromatic nitrogens is 2. The van der Waals surface area contributed by atoms with E-state index in [2.05, 4.69) is 15.5 Å². The van der Waals surface area contributed by atoms with Crippen LogP contribution in [0.5, 0.6) is 5.75 Å². The number of aryl methyl sites for hydroxylation is 1. The van der Waals surface area contributed by atoms with Crippen LogP contribution in [0.15, 0.2) is 29.2 Å². The fourth-order valence-electron chi connectivity index (χ4n) is 2.95. The number of methoxy groups -OCH3 is 1. The SMILES string of the molecule is COc1cccc(SCC(=O)NCc2n[nH]c3c2CCCCC3)c1. The zero-order valence-electron chi connectivity index (χ0n) is 13.9. The summed E-state index contributed by atoms with van der Waals surface area (Å²) in [5, 5.41) is 10.5. The number of nitrogens with zero attached hydrogens (tertiary/aromatic N) is 1. The molecule has 0 unspecified atom stereocenters. The molecule has 1 aromatic carbocycles. The van der Waals surface area contributed by atoms with Gasteiger partial charge in [-0.15, -0.1) is 11.8 Å². The van der Waals surface area contributed by atoms with E-state index >= 15 is 0 Å². The lowest BCUT2D eigenvalue weighted by molar-refractivity contribution is -0.118. The molecule has 24 heavy (non-hydrogen) atoms. The molecule has 0 bridgehead atoms. The van der Waals surface area contributed by atoms with E-state index in [9.17, 15) is 4.79 Å². The number of nitrogens with one attached hydrogen (secondary N) is 2. The third kappa shape index (κ3) is 4.32. The Kier molecular flexibility index (Phi) is 5.80. The van der Waals surface area contributed by atoms with Gasteiger partial charge in [0, 0.05) is 10.6 Å². The standard InChI is InChI=1S/C18H23N3O2S/c1-23-13-6-5-7-14(10-13)24-12-18(22)19-11-17-15-8-3-2-4-9-16(15)20-21-17/h5-7,10H,2-4,8-9,11-12H2,1H3,(H,19,22)(H,20,21). The van der Waals surface area contributed by atoms with Crippen molar-refractivity contribution >= 4 is 17.7 Å². The van der Waals surface area contributed by atoms with E-state index in [1.165, 1.54) is 42.3 Å². The van der Waals surface area contributed by atoms with Gasteiger partial charge in [-0.25, -0.2) is 0 Å². The van der Waals surface area contributed by atoms with Gasteiger partial charge in [0.15, 0.2) is 0 Å². The first kappa shape index (κ1) is 16.9. The van der Waals surface area contributed by atoms with Crippen LogP contribution in [0.2, 0.25) is 0 Å². The van der Waals surface area contributed by atoms with E-state index in [1.807, 2.05) is 24.3 Å². The van der Waals surface area contributed by atoms with Gasteiger partial charge in [0.25, 0.3) is 0 Å². The quantitative estimate of drug-likeness (QED) is 0.624. The first-order chi connectivity index (χ1) is 11.8. The second kappa shape index (κ2) is 8.24. The van der Waals surface area contributed by atoms with Crippen molar-refractivity contribution in [2.45, 2.75) is 43.5 Å². The lowest BCUT2D eigenvalue weighted by Gasteiger charge is -2.06. The lowest BCUT2D eigenvalue weighted by atomic mass is 10.1. The van der Waals surface area contributed by atoms with E-state index in [0.717, 1.165) is 29.2 Å². The molecule has 1 aliphatic carbocycles. The van der Waals surface area contributed by atoms with Gasteiger partial charge in [-0.05, 0) is 49.4 Å². The zero-order valence-corrected chi connectivity index (χ0v) is 14.7. The number of ether oxygens (including phenoxy) is 1. The third-order valence-electron chi connectivity index (χ3n) is 4.26. The van der Waals surface area contributed by atoms with Crippen molar-refractivity contribution in [2.75, 3.05) is 12.9 Å². The summed E-state index contributed by atoms with van der Waals surface area (Å²) in [6.07, 6.45) is 5.83. The normalized spacial score (nSPS) is 13.9. The molecule has 6 heteroatoms. The molecule has 1 aromatic heterocycles. The van der Waals surface area contributed by atoms with Gasteiger partial charge in [-0.3, -0.25) is 9.89 Å². The van der Waals surface area contributed by atoms with Crippen molar-refractivity contribution in [3.8, 4) is 5.75 Å². The molecule has 3 rings (SSSR count). The molecule has 1 amide bonds. The number of H-pyrrole nitrogens is 1. The van der Waals surface area contributed by atoms with Crippen LogP contribution in [-0.2, 0) is 24.2 Å². The van der Waals surface area contributed by atoms with E-state index in [-0.39, 0.29) is 5.91 Å². The maximum Gasteiger partial charge on any atom is 0.230 e. The Hall–Kier alpha value is -1.95. The van der Waals surface area contributed by atoms with Gasteiger partial charge in [0.2, 0.25) is 5.91 Å². The molecule has 128 valence electrons. The molecule has 2 aromatic rings. The fraction of sp³-hybridized carbons (Fsp3) is 0.444. The maximum absolute atomic E-state index is 12.1. The molecule has 0 saturated heterocycles. The Morgan fingerprint density at radius 3 is 3.08 bits per heavy atom.